The van der Waals surface area contributed by atoms with Crippen LogP contribution in [0.5, 0.6) is 0 Å². The zero-order chi connectivity index (χ0) is 15.1. The summed E-state index contributed by atoms with van der Waals surface area (Å²) in [7, 11) is 0. The van der Waals surface area contributed by atoms with Crippen molar-refractivity contribution >= 4 is 11.3 Å². The Bertz CT molecular complexity index is 592. The lowest BCUT2D eigenvalue weighted by atomic mass is 10.2. The van der Waals surface area contributed by atoms with E-state index in [-0.39, 0.29) is 0 Å². The van der Waals surface area contributed by atoms with Crippen LogP contribution in [0.2, 0.25) is 0 Å². The van der Waals surface area contributed by atoms with Gasteiger partial charge in [0.25, 0.3) is 0 Å². The number of aromatic nitrogens is 1. The number of hydrogen-bond donors (Lipinski definition) is 1. The Labute approximate surface area is 130 Å². The van der Waals surface area contributed by atoms with Crippen LogP contribution in [0.1, 0.15) is 30.0 Å². The summed E-state index contributed by atoms with van der Waals surface area (Å²) in [5, 5.41) is 12.1. The van der Waals surface area contributed by atoms with E-state index in [1.807, 2.05) is 48.4 Å². The van der Waals surface area contributed by atoms with E-state index in [2.05, 4.69) is 16.8 Å². The van der Waals surface area contributed by atoms with Crippen LogP contribution in [-0.4, -0.2) is 34.3 Å². The van der Waals surface area contributed by atoms with Gasteiger partial charge in [0.2, 0.25) is 0 Å². The Balaban J connectivity index is 1.99. The SMILES string of the molecule is CCN(CC)C(O)Cc1ccc(C#Cc2cccs2)cn1. The molecular formula is C17H20N2OS. The molecule has 0 saturated carbocycles. The molecule has 1 unspecified atom stereocenters. The normalized spacial score (nSPS) is 12.0. The lowest BCUT2D eigenvalue weighted by Crippen LogP contribution is -2.36. The number of rotatable bonds is 5. The third-order valence-corrected chi connectivity index (χ3v) is 4.09. The van der Waals surface area contributed by atoms with Crippen molar-refractivity contribution in [3.63, 3.8) is 0 Å². The fourth-order valence-corrected chi connectivity index (χ4v) is 2.63. The van der Waals surface area contributed by atoms with E-state index in [9.17, 15) is 5.11 Å². The molecule has 0 aliphatic carbocycles. The maximum atomic E-state index is 10.1. The fraction of sp³-hybridized carbons (Fsp3) is 0.353. The van der Waals surface area contributed by atoms with Gasteiger partial charge in [0.05, 0.1) is 4.88 Å². The van der Waals surface area contributed by atoms with Gasteiger partial charge in [0.15, 0.2) is 0 Å². The molecule has 1 atom stereocenters. The molecule has 0 radical (unpaired) electrons. The average Bonchev–Trinajstić information content (AvgIpc) is 3.01. The largest absolute Gasteiger partial charge is 0.378 e. The van der Waals surface area contributed by atoms with Gasteiger partial charge in [-0.1, -0.05) is 31.8 Å². The van der Waals surface area contributed by atoms with Crippen LogP contribution in [0.4, 0.5) is 0 Å². The Kier molecular flexibility index (Phi) is 5.94. The Hall–Kier alpha value is -1.67. The second kappa shape index (κ2) is 7.94. The van der Waals surface area contributed by atoms with E-state index < -0.39 is 6.23 Å². The minimum atomic E-state index is -0.476. The van der Waals surface area contributed by atoms with Gasteiger partial charge in [-0.25, -0.2) is 0 Å². The number of aliphatic hydroxyl groups excluding tert-OH is 1. The highest BCUT2D eigenvalue weighted by molar-refractivity contribution is 7.10. The molecule has 3 nitrogen and oxygen atoms in total. The molecule has 0 aliphatic heterocycles. The Morgan fingerprint density at radius 3 is 2.62 bits per heavy atom. The van der Waals surface area contributed by atoms with Crippen molar-refractivity contribution in [3.8, 4) is 11.8 Å². The molecule has 1 N–H and O–H groups in total. The fourth-order valence-electron chi connectivity index (χ4n) is 2.06. The molecule has 0 spiro atoms. The van der Waals surface area contributed by atoms with Crippen LogP contribution < -0.4 is 0 Å². The minimum absolute atomic E-state index is 0.476. The van der Waals surface area contributed by atoms with Gasteiger partial charge in [-0.05, 0) is 36.7 Å². The van der Waals surface area contributed by atoms with Gasteiger partial charge in [0.1, 0.15) is 6.23 Å². The molecule has 0 fully saturated rings. The van der Waals surface area contributed by atoms with Crippen LogP contribution in [0.15, 0.2) is 35.8 Å². The van der Waals surface area contributed by atoms with Crippen LogP contribution in [0, 0.1) is 11.8 Å². The Morgan fingerprint density at radius 2 is 2.05 bits per heavy atom. The molecule has 2 aromatic heterocycles. The van der Waals surface area contributed by atoms with Crippen LogP contribution >= 0.6 is 11.3 Å². The monoisotopic (exact) mass is 300 g/mol. The van der Waals surface area contributed by atoms with E-state index in [1.54, 1.807) is 17.5 Å². The maximum absolute atomic E-state index is 10.1. The van der Waals surface area contributed by atoms with Crippen molar-refractivity contribution < 1.29 is 5.11 Å². The summed E-state index contributed by atoms with van der Waals surface area (Å²) < 4.78 is 0. The maximum Gasteiger partial charge on any atom is 0.112 e. The first-order valence-corrected chi connectivity index (χ1v) is 8.03. The first-order valence-electron chi connectivity index (χ1n) is 7.15. The zero-order valence-electron chi connectivity index (χ0n) is 12.4. The van der Waals surface area contributed by atoms with Crippen LogP contribution in [-0.2, 0) is 6.42 Å². The lowest BCUT2D eigenvalue weighted by molar-refractivity contribution is 0.0109. The van der Waals surface area contributed by atoms with Crippen molar-refractivity contribution in [2.24, 2.45) is 0 Å². The van der Waals surface area contributed by atoms with Crippen molar-refractivity contribution in [2.45, 2.75) is 26.5 Å². The molecule has 0 aromatic carbocycles. The molecule has 4 heteroatoms. The van der Waals surface area contributed by atoms with E-state index in [4.69, 9.17) is 0 Å². The van der Waals surface area contributed by atoms with E-state index in [1.165, 1.54) is 0 Å². The van der Waals surface area contributed by atoms with Crippen LogP contribution in [0.25, 0.3) is 0 Å². The lowest BCUT2D eigenvalue weighted by Gasteiger charge is -2.24. The zero-order valence-corrected chi connectivity index (χ0v) is 13.2. The highest BCUT2D eigenvalue weighted by atomic mass is 32.1. The minimum Gasteiger partial charge on any atom is -0.378 e. The molecule has 0 saturated heterocycles. The molecule has 110 valence electrons. The molecule has 0 bridgehead atoms. The molecule has 0 aliphatic rings. The van der Waals surface area contributed by atoms with Gasteiger partial charge in [-0.2, -0.15) is 0 Å². The molecule has 21 heavy (non-hydrogen) atoms. The molecule has 2 heterocycles. The van der Waals surface area contributed by atoms with Gasteiger partial charge < -0.3 is 5.11 Å². The summed E-state index contributed by atoms with van der Waals surface area (Å²) in [4.78, 5) is 7.44. The third kappa shape index (κ3) is 4.68. The molecular weight excluding hydrogens is 280 g/mol. The number of nitrogens with zero attached hydrogens (tertiary/aromatic N) is 2. The number of hydrogen-bond acceptors (Lipinski definition) is 4. The molecule has 2 aromatic rings. The van der Waals surface area contributed by atoms with E-state index >= 15 is 0 Å². The summed E-state index contributed by atoms with van der Waals surface area (Å²) in [6.45, 7) is 5.76. The summed E-state index contributed by atoms with van der Waals surface area (Å²) in [5.74, 6) is 6.21. The molecule has 2 rings (SSSR count). The summed E-state index contributed by atoms with van der Waals surface area (Å²) in [5.41, 5.74) is 1.78. The van der Waals surface area contributed by atoms with Crippen molar-refractivity contribution in [2.75, 3.05) is 13.1 Å². The highest BCUT2D eigenvalue weighted by Gasteiger charge is 2.12. The summed E-state index contributed by atoms with van der Waals surface area (Å²) in [6.07, 6.45) is 1.83. The number of likely N-dealkylation sites (N-methyl/N-ethyl adjacent to an activating group) is 1. The summed E-state index contributed by atoms with van der Waals surface area (Å²) >= 11 is 1.63. The molecule has 0 amide bonds. The third-order valence-electron chi connectivity index (χ3n) is 3.30. The topological polar surface area (TPSA) is 36.4 Å². The predicted molar refractivity (Wildman–Crippen MR) is 87.2 cm³/mol. The van der Waals surface area contributed by atoms with Crippen molar-refractivity contribution in [3.05, 3.63) is 52.0 Å². The average molecular weight is 300 g/mol. The van der Waals surface area contributed by atoms with Crippen molar-refractivity contribution in [1.29, 1.82) is 0 Å². The van der Waals surface area contributed by atoms with Crippen molar-refractivity contribution in [1.82, 2.24) is 9.88 Å². The van der Waals surface area contributed by atoms with E-state index in [0.717, 1.165) is 29.2 Å². The number of thiophene rings is 1. The van der Waals surface area contributed by atoms with Gasteiger partial charge in [-0.15, -0.1) is 11.3 Å². The quantitative estimate of drug-likeness (QED) is 0.681. The Morgan fingerprint density at radius 1 is 1.24 bits per heavy atom. The van der Waals surface area contributed by atoms with Gasteiger partial charge in [-0.3, -0.25) is 9.88 Å². The predicted octanol–water partition coefficient (Wildman–Crippen LogP) is 2.75. The summed E-state index contributed by atoms with van der Waals surface area (Å²) in [6, 6.07) is 7.88. The standard InChI is InChI=1S/C17H20N2OS/c1-3-19(4-2)17(20)12-15-9-7-14(13-18-15)8-10-16-6-5-11-21-16/h5-7,9,11,13,17,20H,3-4,12H2,1-2H3. The number of pyridine rings is 1. The smallest absolute Gasteiger partial charge is 0.112 e. The first kappa shape index (κ1) is 15.7. The van der Waals surface area contributed by atoms with Crippen LogP contribution in [0.3, 0.4) is 0 Å². The second-order valence-corrected chi connectivity index (χ2v) is 5.62. The van der Waals surface area contributed by atoms with Gasteiger partial charge in [0, 0.05) is 23.9 Å². The second-order valence-electron chi connectivity index (χ2n) is 4.67. The highest BCUT2D eigenvalue weighted by Crippen LogP contribution is 2.08. The first-order chi connectivity index (χ1) is 10.2. The van der Waals surface area contributed by atoms with Gasteiger partial charge >= 0.3 is 0 Å². The van der Waals surface area contributed by atoms with E-state index in [0.29, 0.717) is 6.42 Å². The number of aliphatic hydroxyl groups is 1.